The van der Waals surface area contributed by atoms with Crippen molar-refractivity contribution in [3.05, 3.63) is 95.8 Å². The molecule has 0 saturated carbocycles. The second kappa shape index (κ2) is 12.4. The molecule has 4 rings (SSSR count). The molecule has 1 aliphatic rings. The quantitative estimate of drug-likeness (QED) is 0.281. The number of amides is 1. The van der Waals surface area contributed by atoms with Crippen LogP contribution < -0.4 is 15.8 Å². The van der Waals surface area contributed by atoms with Crippen LogP contribution in [0.25, 0.3) is 0 Å². The van der Waals surface area contributed by atoms with Crippen LogP contribution in [-0.4, -0.2) is 48.0 Å². The molecule has 200 valence electrons. The lowest BCUT2D eigenvalue weighted by molar-refractivity contribution is -0.149. The Hall–Kier alpha value is -3.40. The molecule has 1 atom stereocenters. The molecule has 3 aromatic rings. The molecule has 0 radical (unpaired) electrons. The molecule has 0 aromatic heterocycles. The third-order valence-corrected chi connectivity index (χ3v) is 6.94. The van der Waals surface area contributed by atoms with Gasteiger partial charge in [-0.1, -0.05) is 48.5 Å². The van der Waals surface area contributed by atoms with Crippen molar-refractivity contribution in [1.29, 1.82) is 0 Å². The van der Waals surface area contributed by atoms with E-state index in [1.165, 1.54) is 12.1 Å². The SMILES string of the molecule is CC(C)NC(=O)COC(=O)[C@@H](N)Cc1cccc(SN2CC(Oc3cccc(F)c3)(c3ccccc3)C2)c1. The molecule has 0 bridgehead atoms. The van der Waals surface area contributed by atoms with Crippen molar-refractivity contribution < 1.29 is 23.5 Å². The van der Waals surface area contributed by atoms with E-state index in [9.17, 15) is 14.0 Å². The second-order valence-electron chi connectivity index (χ2n) is 9.60. The predicted molar refractivity (Wildman–Crippen MR) is 145 cm³/mol. The Morgan fingerprint density at radius 1 is 1.05 bits per heavy atom. The molecular formula is C29H32FN3O4S. The molecule has 1 fully saturated rings. The predicted octanol–water partition coefficient (Wildman–Crippen LogP) is 4.06. The standard InChI is InChI=1S/C29H32FN3O4S/c1-20(2)32-27(34)17-36-28(35)26(31)15-21-8-6-13-25(14-21)38-33-18-29(19-33,22-9-4-3-5-10-22)37-24-12-7-11-23(30)16-24/h3-14,16,20,26H,15,17-19,31H2,1-2H3,(H,32,34)/t26-/m0/s1. The number of nitrogens with two attached hydrogens (primary N) is 1. The molecule has 1 aliphatic heterocycles. The van der Waals surface area contributed by atoms with Crippen LogP contribution >= 0.6 is 11.9 Å². The Morgan fingerprint density at radius 2 is 1.79 bits per heavy atom. The highest BCUT2D eigenvalue weighted by atomic mass is 32.2. The molecule has 1 heterocycles. The van der Waals surface area contributed by atoms with E-state index in [0.717, 1.165) is 16.0 Å². The maximum Gasteiger partial charge on any atom is 0.323 e. The van der Waals surface area contributed by atoms with Crippen molar-refractivity contribution >= 4 is 23.8 Å². The number of carbonyl (C=O) groups is 2. The van der Waals surface area contributed by atoms with Gasteiger partial charge >= 0.3 is 5.97 Å². The summed E-state index contributed by atoms with van der Waals surface area (Å²) in [4.78, 5) is 25.0. The number of carbonyl (C=O) groups excluding carboxylic acids is 2. The summed E-state index contributed by atoms with van der Waals surface area (Å²) in [5, 5.41) is 2.67. The van der Waals surface area contributed by atoms with E-state index in [-0.39, 0.29) is 30.8 Å². The topological polar surface area (TPSA) is 93.9 Å². The van der Waals surface area contributed by atoms with Crippen molar-refractivity contribution in [2.75, 3.05) is 19.7 Å². The molecule has 0 unspecified atom stereocenters. The van der Waals surface area contributed by atoms with Crippen molar-refractivity contribution in [3.8, 4) is 5.75 Å². The van der Waals surface area contributed by atoms with E-state index in [4.69, 9.17) is 15.2 Å². The van der Waals surface area contributed by atoms with Gasteiger partial charge in [0.05, 0.1) is 13.1 Å². The van der Waals surface area contributed by atoms with Gasteiger partial charge in [0.1, 0.15) is 17.6 Å². The number of rotatable bonds is 11. The van der Waals surface area contributed by atoms with Gasteiger partial charge in [-0.3, -0.25) is 9.59 Å². The van der Waals surface area contributed by atoms with Gasteiger partial charge in [0.2, 0.25) is 0 Å². The number of hydrogen-bond acceptors (Lipinski definition) is 7. The van der Waals surface area contributed by atoms with Crippen LogP contribution in [0.2, 0.25) is 0 Å². The van der Waals surface area contributed by atoms with Crippen molar-refractivity contribution in [1.82, 2.24) is 9.62 Å². The maximum absolute atomic E-state index is 13.8. The number of benzene rings is 3. The zero-order chi connectivity index (χ0) is 27.1. The van der Waals surface area contributed by atoms with Crippen LogP contribution in [0.3, 0.4) is 0 Å². The first kappa shape index (κ1) is 27.6. The summed E-state index contributed by atoms with van der Waals surface area (Å²) >= 11 is 1.58. The third kappa shape index (κ3) is 7.34. The highest BCUT2D eigenvalue weighted by Crippen LogP contribution is 2.42. The highest BCUT2D eigenvalue weighted by Gasteiger charge is 2.47. The first-order valence-corrected chi connectivity index (χ1v) is 13.2. The average molecular weight is 538 g/mol. The van der Waals surface area contributed by atoms with Crippen LogP contribution in [0, 0.1) is 5.82 Å². The van der Waals surface area contributed by atoms with Gasteiger partial charge in [-0.15, -0.1) is 0 Å². The molecule has 1 saturated heterocycles. The Balaban J connectivity index is 1.35. The fourth-order valence-electron chi connectivity index (χ4n) is 4.21. The summed E-state index contributed by atoms with van der Waals surface area (Å²) in [5.41, 5.74) is 7.37. The van der Waals surface area contributed by atoms with Crippen molar-refractivity contribution in [3.63, 3.8) is 0 Å². The van der Waals surface area contributed by atoms with Crippen LogP contribution in [0.1, 0.15) is 25.0 Å². The Bertz CT molecular complexity index is 1250. The lowest BCUT2D eigenvalue weighted by Gasteiger charge is -2.49. The van der Waals surface area contributed by atoms with E-state index in [1.54, 1.807) is 24.1 Å². The van der Waals surface area contributed by atoms with Gasteiger partial charge in [-0.25, -0.2) is 8.70 Å². The monoisotopic (exact) mass is 537 g/mol. The number of esters is 1. The minimum atomic E-state index is -0.878. The van der Waals surface area contributed by atoms with Gasteiger partial charge in [-0.2, -0.15) is 0 Å². The molecule has 3 N–H and O–H groups in total. The summed E-state index contributed by atoms with van der Waals surface area (Å²) in [5.74, 6) is -0.828. The largest absolute Gasteiger partial charge is 0.480 e. The summed E-state index contributed by atoms with van der Waals surface area (Å²) in [6.07, 6.45) is 0.287. The summed E-state index contributed by atoms with van der Waals surface area (Å²) < 4.78 is 27.4. The van der Waals surface area contributed by atoms with Crippen LogP contribution in [0.5, 0.6) is 5.75 Å². The molecule has 0 aliphatic carbocycles. The minimum absolute atomic E-state index is 0.0349. The number of halogens is 1. The third-order valence-electron chi connectivity index (χ3n) is 5.96. The Kier molecular flexibility index (Phi) is 9.04. The smallest absolute Gasteiger partial charge is 0.323 e. The first-order chi connectivity index (χ1) is 18.2. The molecular weight excluding hydrogens is 505 g/mol. The highest BCUT2D eigenvalue weighted by molar-refractivity contribution is 7.97. The fourth-order valence-corrected chi connectivity index (χ4v) is 5.40. The van der Waals surface area contributed by atoms with Crippen molar-refractivity contribution in [2.45, 2.75) is 42.8 Å². The van der Waals surface area contributed by atoms with Gasteiger partial charge < -0.3 is 20.5 Å². The van der Waals surface area contributed by atoms with Gasteiger partial charge in [0.15, 0.2) is 12.2 Å². The minimum Gasteiger partial charge on any atom is -0.480 e. The molecule has 9 heteroatoms. The molecule has 3 aromatic carbocycles. The van der Waals surface area contributed by atoms with E-state index in [0.29, 0.717) is 18.8 Å². The number of nitrogens with zero attached hydrogens (tertiary/aromatic N) is 1. The van der Waals surface area contributed by atoms with E-state index in [1.807, 2.05) is 68.4 Å². The van der Waals surface area contributed by atoms with E-state index < -0.39 is 17.6 Å². The molecule has 7 nitrogen and oxygen atoms in total. The van der Waals surface area contributed by atoms with E-state index in [2.05, 4.69) is 9.62 Å². The normalized spacial score (nSPS) is 15.4. The Morgan fingerprint density at radius 3 is 2.50 bits per heavy atom. The zero-order valence-corrected chi connectivity index (χ0v) is 22.2. The maximum atomic E-state index is 13.8. The fraction of sp³-hybridized carbons (Fsp3) is 0.310. The summed E-state index contributed by atoms with van der Waals surface area (Å²) in [6.45, 7) is 4.52. The lowest BCUT2D eigenvalue weighted by atomic mass is 9.87. The molecule has 0 spiro atoms. The Labute approximate surface area is 226 Å². The average Bonchev–Trinajstić information content (AvgIpc) is 2.86. The lowest BCUT2D eigenvalue weighted by Crippen LogP contribution is -2.59. The second-order valence-corrected chi connectivity index (χ2v) is 10.8. The van der Waals surface area contributed by atoms with E-state index >= 15 is 0 Å². The number of hydrogen-bond donors (Lipinski definition) is 2. The molecule has 38 heavy (non-hydrogen) atoms. The summed E-state index contributed by atoms with van der Waals surface area (Å²) in [7, 11) is 0. The number of ether oxygens (including phenoxy) is 2. The van der Waals surface area contributed by atoms with Gasteiger partial charge in [-0.05, 0) is 67.6 Å². The van der Waals surface area contributed by atoms with Crippen LogP contribution in [0.15, 0.2) is 83.8 Å². The summed E-state index contributed by atoms with van der Waals surface area (Å²) in [6, 6.07) is 23.0. The van der Waals surface area contributed by atoms with Crippen LogP contribution in [-0.2, 0) is 26.3 Å². The number of nitrogens with one attached hydrogen (secondary N) is 1. The zero-order valence-electron chi connectivity index (χ0n) is 21.4. The molecule has 1 amide bonds. The van der Waals surface area contributed by atoms with Crippen LogP contribution in [0.4, 0.5) is 4.39 Å². The first-order valence-electron chi connectivity index (χ1n) is 12.5. The van der Waals surface area contributed by atoms with Gasteiger partial charge in [0.25, 0.3) is 5.91 Å². The van der Waals surface area contributed by atoms with Gasteiger partial charge in [0, 0.05) is 17.0 Å². The van der Waals surface area contributed by atoms with Crippen molar-refractivity contribution in [2.24, 2.45) is 5.73 Å².